The quantitative estimate of drug-likeness (QED) is 0.386. The lowest BCUT2D eigenvalue weighted by atomic mass is 9.97. The van der Waals surface area contributed by atoms with Crippen molar-refractivity contribution in [2.24, 2.45) is 0 Å². The first kappa shape index (κ1) is 21.8. The van der Waals surface area contributed by atoms with Crippen molar-refractivity contribution >= 4 is 56.5 Å². The molecule has 1 aromatic carbocycles. The Hall–Kier alpha value is -2.45. The summed E-state index contributed by atoms with van der Waals surface area (Å²) in [4.78, 5) is 35.9. The fourth-order valence-electron chi connectivity index (χ4n) is 3.67. The zero-order chi connectivity index (χ0) is 22.0. The summed E-state index contributed by atoms with van der Waals surface area (Å²) in [6, 6.07) is 7.10. The number of hydrogen-bond acceptors (Lipinski definition) is 6. The van der Waals surface area contributed by atoms with Crippen LogP contribution in [-0.4, -0.2) is 27.5 Å². The molecule has 3 aromatic rings. The van der Waals surface area contributed by atoms with Crippen LogP contribution < -0.4 is 10.6 Å². The highest BCUT2D eigenvalue weighted by Gasteiger charge is 2.22. The maximum Gasteiger partial charge on any atom is 0.234 e. The van der Waals surface area contributed by atoms with Crippen LogP contribution >= 0.6 is 23.1 Å². The van der Waals surface area contributed by atoms with E-state index in [-0.39, 0.29) is 23.5 Å². The third-order valence-electron chi connectivity index (χ3n) is 5.14. The number of anilines is 2. The number of hydrogen-bond donors (Lipinski definition) is 2. The number of thioether (sulfide) groups is 1. The summed E-state index contributed by atoms with van der Waals surface area (Å²) in [5.74, 6) is 1.14. The third-order valence-corrected chi connectivity index (χ3v) is 7.31. The van der Waals surface area contributed by atoms with Crippen LogP contribution in [0, 0.1) is 0 Å². The van der Waals surface area contributed by atoms with E-state index in [1.807, 2.05) is 0 Å². The number of nitrogens with one attached hydrogen (secondary N) is 2. The Morgan fingerprint density at radius 2 is 1.74 bits per heavy atom. The largest absolute Gasteiger partial charge is 0.326 e. The second-order valence-corrected chi connectivity index (χ2v) is 10.1. The lowest BCUT2D eigenvalue weighted by Crippen LogP contribution is -2.14. The molecule has 0 spiro atoms. The van der Waals surface area contributed by atoms with Gasteiger partial charge in [0.1, 0.15) is 15.7 Å². The Balaban J connectivity index is 1.50. The van der Waals surface area contributed by atoms with Crippen molar-refractivity contribution in [2.75, 3.05) is 16.4 Å². The SMILES string of the molecule is CC(=O)Nc1ccc(NC(=O)CSc2nc(C(C)C)nc3sc4c(c23)CCCC4)cc1. The number of carbonyl (C=O) groups is 2. The molecule has 2 aromatic heterocycles. The van der Waals surface area contributed by atoms with Crippen LogP contribution in [-0.2, 0) is 22.4 Å². The number of benzene rings is 1. The van der Waals surface area contributed by atoms with Gasteiger partial charge in [-0.1, -0.05) is 25.6 Å². The maximum absolute atomic E-state index is 12.6. The van der Waals surface area contributed by atoms with Gasteiger partial charge in [-0.2, -0.15) is 0 Å². The predicted octanol–water partition coefficient (Wildman–Crippen LogP) is 5.38. The van der Waals surface area contributed by atoms with Crippen molar-refractivity contribution < 1.29 is 9.59 Å². The molecule has 0 bridgehead atoms. The van der Waals surface area contributed by atoms with Crippen molar-refractivity contribution in [3.8, 4) is 0 Å². The van der Waals surface area contributed by atoms with E-state index in [4.69, 9.17) is 9.97 Å². The molecule has 4 rings (SSSR count). The third kappa shape index (κ3) is 5.07. The molecule has 8 heteroatoms. The molecular formula is C23H26N4O2S2. The molecular weight excluding hydrogens is 428 g/mol. The van der Waals surface area contributed by atoms with Crippen molar-refractivity contribution in [1.82, 2.24) is 9.97 Å². The lowest BCUT2D eigenvalue weighted by Gasteiger charge is -2.13. The summed E-state index contributed by atoms with van der Waals surface area (Å²) < 4.78 is 0. The molecule has 0 aliphatic heterocycles. The van der Waals surface area contributed by atoms with E-state index in [0.29, 0.717) is 11.4 Å². The molecule has 31 heavy (non-hydrogen) atoms. The second-order valence-electron chi connectivity index (χ2n) is 8.03. The molecule has 6 nitrogen and oxygen atoms in total. The molecule has 2 N–H and O–H groups in total. The van der Waals surface area contributed by atoms with Crippen LogP contribution in [0.5, 0.6) is 0 Å². The second kappa shape index (κ2) is 9.36. The van der Waals surface area contributed by atoms with E-state index in [9.17, 15) is 9.59 Å². The first-order valence-electron chi connectivity index (χ1n) is 10.5. The summed E-state index contributed by atoms with van der Waals surface area (Å²) in [5.41, 5.74) is 2.79. The van der Waals surface area contributed by atoms with Gasteiger partial charge in [0.05, 0.1) is 5.75 Å². The highest BCUT2D eigenvalue weighted by molar-refractivity contribution is 8.00. The number of aryl methyl sites for hydroxylation is 2. The Morgan fingerprint density at radius 3 is 2.42 bits per heavy atom. The number of aromatic nitrogens is 2. The summed E-state index contributed by atoms with van der Waals surface area (Å²) in [6.07, 6.45) is 4.62. The molecule has 0 saturated heterocycles. The summed E-state index contributed by atoms with van der Waals surface area (Å²) in [6.45, 7) is 5.66. The fraction of sp³-hybridized carbons (Fsp3) is 0.391. The zero-order valence-corrected chi connectivity index (χ0v) is 19.6. The first-order valence-corrected chi connectivity index (χ1v) is 12.3. The number of thiophene rings is 1. The minimum Gasteiger partial charge on any atom is -0.326 e. The van der Waals surface area contributed by atoms with Gasteiger partial charge in [0.25, 0.3) is 0 Å². The molecule has 1 aliphatic rings. The van der Waals surface area contributed by atoms with Gasteiger partial charge < -0.3 is 10.6 Å². The first-order chi connectivity index (χ1) is 14.9. The summed E-state index contributed by atoms with van der Waals surface area (Å²) in [7, 11) is 0. The molecule has 2 amide bonds. The molecule has 0 radical (unpaired) electrons. The maximum atomic E-state index is 12.6. The summed E-state index contributed by atoms with van der Waals surface area (Å²) in [5, 5.41) is 7.71. The topological polar surface area (TPSA) is 84.0 Å². The lowest BCUT2D eigenvalue weighted by molar-refractivity contribution is -0.114. The number of carbonyl (C=O) groups excluding carboxylic acids is 2. The zero-order valence-electron chi connectivity index (χ0n) is 17.9. The highest BCUT2D eigenvalue weighted by Crippen LogP contribution is 2.40. The van der Waals surface area contributed by atoms with Crippen LogP contribution in [0.15, 0.2) is 29.3 Å². The van der Waals surface area contributed by atoms with Crippen LogP contribution in [0.3, 0.4) is 0 Å². The van der Waals surface area contributed by atoms with Gasteiger partial charge in [-0.15, -0.1) is 11.3 Å². The number of amides is 2. The molecule has 0 unspecified atom stereocenters. The number of nitrogens with zero attached hydrogens (tertiary/aromatic N) is 2. The normalized spacial score (nSPS) is 13.3. The van der Waals surface area contributed by atoms with E-state index >= 15 is 0 Å². The molecule has 2 heterocycles. The standard InChI is InChI=1S/C23H26N4O2S2/c1-13(2)21-26-22(20-17-6-4-5-7-18(17)31-23(20)27-21)30-12-19(29)25-16-10-8-15(9-11-16)24-14(3)28/h8-11,13H,4-7,12H2,1-3H3,(H,24,28)(H,25,29). The van der Waals surface area contributed by atoms with Gasteiger partial charge in [0, 0.05) is 34.5 Å². The van der Waals surface area contributed by atoms with Gasteiger partial charge in [-0.05, 0) is 55.5 Å². The Bertz CT molecular complexity index is 1120. The van der Waals surface area contributed by atoms with Gasteiger partial charge >= 0.3 is 0 Å². The molecule has 0 fully saturated rings. The fourth-order valence-corrected chi connectivity index (χ4v) is 5.87. The average molecular weight is 455 g/mol. The molecule has 0 saturated carbocycles. The number of rotatable bonds is 6. The minimum absolute atomic E-state index is 0.0840. The molecule has 0 atom stereocenters. The van der Waals surface area contributed by atoms with Gasteiger partial charge in [0.2, 0.25) is 11.8 Å². The van der Waals surface area contributed by atoms with E-state index in [2.05, 4.69) is 24.5 Å². The highest BCUT2D eigenvalue weighted by atomic mass is 32.2. The van der Waals surface area contributed by atoms with E-state index in [1.165, 1.54) is 42.0 Å². The van der Waals surface area contributed by atoms with Crippen molar-refractivity contribution in [1.29, 1.82) is 0 Å². The van der Waals surface area contributed by atoms with Crippen LogP contribution in [0.1, 0.15) is 55.8 Å². The summed E-state index contributed by atoms with van der Waals surface area (Å²) >= 11 is 3.28. The molecule has 162 valence electrons. The van der Waals surface area contributed by atoms with Crippen molar-refractivity contribution in [3.63, 3.8) is 0 Å². The van der Waals surface area contributed by atoms with Crippen molar-refractivity contribution in [3.05, 3.63) is 40.5 Å². The van der Waals surface area contributed by atoms with Crippen LogP contribution in [0.4, 0.5) is 11.4 Å². The smallest absolute Gasteiger partial charge is 0.234 e. The van der Waals surface area contributed by atoms with Crippen LogP contribution in [0.25, 0.3) is 10.2 Å². The van der Waals surface area contributed by atoms with E-state index < -0.39 is 0 Å². The predicted molar refractivity (Wildman–Crippen MR) is 128 cm³/mol. The monoisotopic (exact) mass is 454 g/mol. The average Bonchev–Trinajstić information content (AvgIpc) is 3.11. The van der Waals surface area contributed by atoms with E-state index in [1.54, 1.807) is 35.6 Å². The Morgan fingerprint density at radius 1 is 1.06 bits per heavy atom. The minimum atomic E-state index is -0.124. The van der Waals surface area contributed by atoms with Gasteiger partial charge in [0.15, 0.2) is 0 Å². The Labute approximate surface area is 190 Å². The number of fused-ring (bicyclic) bond motifs is 3. The van der Waals surface area contributed by atoms with Crippen LogP contribution in [0.2, 0.25) is 0 Å². The molecule has 1 aliphatic carbocycles. The Kier molecular flexibility index (Phi) is 6.57. The van der Waals surface area contributed by atoms with Crippen molar-refractivity contribution in [2.45, 2.75) is 57.4 Å². The van der Waals surface area contributed by atoms with Gasteiger partial charge in [-0.25, -0.2) is 9.97 Å². The van der Waals surface area contributed by atoms with Gasteiger partial charge in [-0.3, -0.25) is 9.59 Å². The van der Waals surface area contributed by atoms with E-state index in [0.717, 1.165) is 33.9 Å².